The van der Waals surface area contributed by atoms with Crippen molar-refractivity contribution in [1.82, 2.24) is 10.3 Å². The molecule has 1 fully saturated rings. The Morgan fingerprint density at radius 3 is 2.76 bits per heavy atom. The first-order chi connectivity index (χ1) is 10.1. The number of carbonyl (C=O) groups excluding carboxylic acids is 1. The molecule has 1 amide bonds. The second kappa shape index (κ2) is 6.92. The van der Waals surface area contributed by atoms with Crippen LogP contribution >= 0.6 is 0 Å². The van der Waals surface area contributed by atoms with E-state index in [1.54, 1.807) is 0 Å². The minimum absolute atomic E-state index is 0.0176. The number of nitrogens with two attached hydrogens (primary N) is 1. The molecule has 7 heteroatoms. The van der Waals surface area contributed by atoms with Gasteiger partial charge in [-0.15, -0.1) is 0 Å². The van der Waals surface area contributed by atoms with Crippen molar-refractivity contribution in [3.05, 3.63) is 34.2 Å². The molecule has 1 aromatic heterocycles. The van der Waals surface area contributed by atoms with Gasteiger partial charge in [-0.2, -0.15) is 0 Å². The van der Waals surface area contributed by atoms with Gasteiger partial charge in [-0.1, -0.05) is 24.4 Å². The van der Waals surface area contributed by atoms with Crippen LogP contribution in [0.1, 0.15) is 42.5 Å². The molecule has 0 aromatic carbocycles. The van der Waals surface area contributed by atoms with Crippen molar-refractivity contribution in [3.8, 4) is 0 Å². The van der Waals surface area contributed by atoms with Crippen LogP contribution in [0.5, 0.6) is 0 Å². The number of hydrogen-bond donors (Lipinski definition) is 4. The highest BCUT2D eigenvalue weighted by molar-refractivity contribution is 5.98. The lowest BCUT2D eigenvalue weighted by atomic mass is 9.83. The third-order valence-corrected chi connectivity index (χ3v) is 3.91. The van der Waals surface area contributed by atoms with Crippen LogP contribution < -0.4 is 16.5 Å². The van der Waals surface area contributed by atoms with Crippen molar-refractivity contribution in [3.63, 3.8) is 0 Å². The molecular weight excluding hydrogens is 272 g/mol. The van der Waals surface area contributed by atoms with Crippen molar-refractivity contribution in [2.24, 2.45) is 16.8 Å². The number of nitrogens with one attached hydrogen (secondary N) is 2. The van der Waals surface area contributed by atoms with Gasteiger partial charge in [-0.05, 0) is 18.8 Å². The molecule has 5 N–H and O–H groups in total. The maximum Gasteiger partial charge on any atom is 0.257 e. The molecule has 1 saturated carbocycles. The molecule has 0 saturated heterocycles. The van der Waals surface area contributed by atoms with Gasteiger partial charge in [0.05, 0.1) is 6.04 Å². The minimum atomic E-state index is -0.553. The van der Waals surface area contributed by atoms with Gasteiger partial charge in [0, 0.05) is 18.5 Å². The number of hydrogen-bond acceptors (Lipinski definition) is 4. The Kier molecular flexibility index (Phi) is 4.97. The van der Waals surface area contributed by atoms with Gasteiger partial charge in [-0.25, -0.2) is 0 Å². The summed E-state index contributed by atoms with van der Waals surface area (Å²) in [7, 11) is 0. The summed E-state index contributed by atoms with van der Waals surface area (Å²) in [6, 6.07) is 0.732. The first kappa shape index (κ1) is 15.1. The topological polar surface area (TPSA) is 121 Å². The summed E-state index contributed by atoms with van der Waals surface area (Å²) < 4.78 is 0. The standard InChI is InChI=1S/C14H20N4O3/c15-13(18-21)12(9-4-2-1-3-5-9)17-14(20)10-8-16-7-6-11(10)19/h6-9,12,21H,1-5H2,(H2,15,18)(H,16,19)(H,17,20). The van der Waals surface area contributed by atoms with Crippen molar-refractivity contribution in [2.45, 2.75) is 38.1 Å². The molecule has 0 bridgehead atoms. The van der Waals surface area contributed by atoms with Crippen LogP contribution in [0, 0.1) is 5.92 Å². The van der Waals surface area contributed by atoms with Gasteiger partial charge in [0.2, 0.25) is 0 Å². The number of amidine groups is 1. The van der Waals surface area contributed by atoms with E-state index in [9.17, 15) is 9.59 Å². The highest BCUT2D eigenvalue weighted by atomic mass is 16.4. The van der Waals surface area contributed by atoms with Gasteiger partial charge < -0.3 is 21.2 Å². The van der Waals surface area contributed by atoms with E-state index in [0.29, 0.717) is 0 Å². The first-order valence-corrected chi connectivity index (χ1v) is 7.09. The normalized spacial score (nSPS) is 18.2. The van der Waals surface area contributed by atoms with Gasteiger partial charge in [0.15, 0.2) is 11.3 Å². The highest BCUT2D eigenvalue weighted by Crippen LogP contribution is 2.26. The van der Waals surface area contributed by atoms with E-state index in [2.05, 4.69) is 15.5 Å². The van der Waals surface area contributed by atoms with Crippen molar-refractivity contribution in [1.29, 1.82) is 0 Å². The molecular formula is C14H20N4O3. The molecule has 1 unspecified atom stereocenters. The number of pyridine rings is 1. The Hall–Kier alpha value is -2.31. The summed E-state index contributed by atoms with van der Waals surface area (Å²) in [6.45, 7) is 0. The zero-order valence-corrected chi connectivity index (χ0v) is 11.7. The fraction of sp³-hybridized carbons (Fsp3) is 0.500. The maximum absolute atomic E-state index is 12.2. The average Bonchev–Trinajstić information content (AvgIpc) is 2.53. The number of carbonyl (C=O) groups is 1. The number of nitrogens with zero attached hydrogens (tertiary/aromatic N) is 1. The third kappa shape index (κ3) is 3.62. The number of oxime groups is 1. The fourth-order valence-corrected chi connectivity index (χ4v) is 2.78. The largest absolute Gasteiger partial charge is 0.409 e. The number of aromatic amines is 1. The molecule has 1 aromatic rings. The molecule has 2 rings (SSSR count). The summed E-state index contributed by atoms with van der Waals surface area (Å²) in [4.78, 5) is 26.6. The Morgan fingerprint density at radius 2 is 2.14 bits per heavy atom. The SMILES string of the molecule is N/C(=N/O)C(NC(=O)c1c[nH]ccc1=O)C1CCCCC1. The lowest BCUT2D eigenvalue weighted by molar-refractivity contribution is 0.0929. The first-order valence-electron chi connectivity index (χ1n) is 7.09. The quantitative estimate of drug-likeness (QED) is 0.284. The summed E-state index contributed by atoms with van der Waals surface area (Å²) >= 11 is 0. The Morgan fingerprint density at radius 1 is 1.43 bits per heavy atom. The smallest absolute Gasteiger partial charge is 0.257 e. The van der Waals surface area contributed by atoms with Crippen LogP contribution in [0.25, 0.3) is 0 Å². The zero-order chi connectivity index (χ0) is 15.2. The highest BCUT2D eigenvalue weighted by Gasteiger charge is 2.29. The third-order valence-electron chi connectivity index (χ3n) is 3.91. The number of amides is 1. The van der Waals surface area contributed by atoms with Crippen LogP contribution in [0.3, 0.4) is 0 Å². The summed E-state index contributed by atoms with van der Waals surface area (Å²) in [5.74, 6) is -0.414. The molecule has 1 aliphatic rings. The maximum atomic E-state index is 12.2. The Balaban J connectivity index is 2.17. The average molecular weight is 292 g/mol. The zero-order valence-electron chi connectivity index (χ0n) is 11.7. The van der Waals surface area contributed by atoms with E-state index in [-0.39, 0.29) is 22.7 Å². The second-order valence-corrected chi connectivity index (χ2v) is 5.30. The molecule has 1 atom stereocenters. The molecule has 1 heterocycles. The van der Waals surface area contributed by atoms with E-state index in [1.165, 1.54) is 18.5 Å². The second-order valence-electron chi connectivity index (χ2n) is 5.30. The van der Waals surface area contributed by atoms with Crippen LogP contribution in [0.15, 0.2) is 28.4 Å². The molecule has 0 aliphatic heterocycles. The lowest BCUT2D eigenvalue weighted by Crippen LogP contribution is -2.50. The number of rotatable bonds is 4. The van der Waals surface area contributed by atoms with E-state index in [0.717, 1.165) is 32.1 Å². The van der Waals surface area contributed by atoms with Crippen molar-refractivity contribution < 1.29 is 10.0 Å². The predicted molar refractivity (Wildman–Crippen MR) is 78.3 cm³/mol. The van der Waals surface area contributed by atoms with Crippen LogP contribution in [0.2, 0.25) is 0 Å². The Bertz CT molecular complexity index is 576. The summed E-state index contributed by atoms with van der Waals surface area (Å²) in [6.07, 6.45) is 7.90. The van der Waals surface area contributed by atoms with Gasteiger partial charge in [0.25, 0.3) is 5.91 Å². The number of aromatic nitrogens is 1. The van der Waals surface area contributed by atoms with Crippen LogP contribution in [-0.2, 0) is 0 Å². The van der Waals surface area contributed by atoms with Crippen LogP contribution in [0.4, 0.5) is 0 Å². The predicted octanol–water partition coefficient (Wildman–Crippen LogP) is 0.800. The van der Waals surface area contributed by atoms with E-state index in [1.807, 2.05) is 0 Å². The molecule has 114 valence electrons. The molecule has 1 aliphatic carbocycles. The monoisotopic (exact) mass is 292 g/mol. The molecule has 7 nitrogen and oxygen atoms in total. The van der Waals surface area contributed by atoms with E-state index < -0.39 is 11.9 Å². The lowest BCUT2D eigenvalue weighted by Gasteiger charge is -2.29. The van der Waals surface area contributed by atoms with Crippen molar-refractivity contribution >= 4 is 11.7 Å². The van der Waals surface area contributed by atoms with Gasteiger partial charge >= 0.3 is 0 Å². The fourth-order valence-electron chi connectivity index (χ4n) is 2.78. The van der Waals surface area contributed by atoms with Crippen LogP contribution in [-0.4, -0.2) is 28.0 Å². The van der Waals surface area contributed by atoms with Gasteiger partial charge in [0.1, 0.15) is 5.56 Å². The van der Waals surface area contributed by atoms with Crippen molar-refractivity contribution in [2.75, 3.05) is 0 Å². The Labute approximate surface area is 122 Å². The molecule has 0 radical (unpaired) electrons. The van der Waals surface area contributed by atoms with Gasteiger partial charge in [-0.3, -0.25) is 9.59 Å². The van der Waals surface area contributed by atoms with E-state index >= 15 is 0 Å². The molecule has 0 spiro atoms. The number of H-pyrrole nitrogens is 1. The minimum Gasteiger partial charge on any atom is -0.409 e. The summed E-state index contributed by atoms with van der Waals surface area (Å²) in [5.41, 5.74) is 5.36. The van der Waals surface area contributed by atoms with E-state index in [4.69, 9.17) is 10.9 Å². The summed E-state index contributed by atoms with van der Waals surface area (Å²) in [5, 5.41) is 14.7. The molecule has 21 heavy (non-hydrogen) atoms.